The van der Waals surface area contributed by atoms with Crippen LogP contribution < -0.4 is 10.2 Å². The predicted molar refractivity (Wildman–Crippen MR) is 94.4 cm³/mol. The van der Waals surface area contributed by atoms with Gasteiger partial charge in [-0.05, 0) is 43.2 Å². The number of aryl methyl sites for hydroxylation is 2. The van der Waals surface area contributed by atoms with Crippen LogP contribution in [-0.4, -0.2) is 5.11 Å². The Bertz CT molecular complexity index is 1030. The van der Waals surface area contributed by atoms with Crippen molar-refractivity contribution in [3.05, 3.63) is 63.5 Å². The maximum Gasteiger partial charge on any atom is 0.453 e. The molecule has 4 nitrogen and oxygen atoms in total. The lowest BCUT2D eigenvalue weighted by Gasteiger charge is -2.14. The molecule has 0 bridgehead atoms. The molecule has 0 saturated heterocycles. The number of rotatable bonds is 4. The van der Waals surface area contributed by atoms with Crippen molar-refractivity contribution in [1.29, 1.82) is 0 Å². The fourth-order valence-electron chi connectivity index (χ4n) is 2.78. The highest BCUT2D eigenvalue weighted by atomic mass is 19.4. The molecule has 0 radical (unpaired) electrons. The molecule has 0 atom stereocenters. The zero-order valence-corrected chi connectivity index (χ0v) is 14.7. The van der Waals surface area contributed by atoms with Crippen LogP contribution in [0.25, 0.3) is 11.0 Å². The first-order chi connectivity index (χ1) is 12.7. The van der Waals surface area contributed by atoms with Crippen LogP contribution in [0.5, 0.6) is 17.2 Å². The van der Waals surface area contributed by atoms with Gasteiger partial charge in [0.25, 0.3) is 5.76 Å². The summed E-state index contributed by atoms with van der Waals surface area (Å²) >= 11 is 0. The van der Waals surface area contributed by atoms with E-state index in [4.69, 9.17) is 9.15 Å². The van der Waals surface area contributed by atoms with Crippen LogP contribution in [-0.2, 0) is 12.6 Å². The highest BCUT2D eigenvalue weighted by Crippen LogP contribution is 2.39. The van der Waals surface area contributed by atoms with Gasteiger partial charge in [0.1, 0.15) is 17.1 Å². The SMILES string of the molecule is CCCc1ccc(Oc2c(C(F)(F)F)oc3c(C)c(O)ccc3c2=O)cc1. The maximum atomic E-state index is 13.5. The number of hydrogen-bond acceptors (Lipinski definition) is 4. The minimum absolute atomic E-state index is 0.0468. The Morgan fingerprint density at radius 3 is 2.37 bits per heavy atom. The summed E-state index contributed by atoms with van der Waals surface area (Å²) in [4.78, 5) is 12.7. The molecule has 0 aliphatic rings. The number of hydrogen-bond donors (Lipinski definition) is 1. The zero-order chi connectivity index (χ0) is 19.8. The third-order valence-corrected chi connectivity index (χ3v) is 4.18. The Kier molecular flexibility index (Phi) is 4.87. The minimum Gasteiger partial charge on any atom is -0.508 e. The summed E-state index contributed by atoms with van der Waals surface area (Å²) in [5.74, 6) is -2.63. The summed E-state index contributed by atoms with van der Waals surface area (Å²) in [6, 6.07) is 8.92. The highest BCUT2D eigenvalue weighted by molar-refractivity contribution is 5.83. The first kappa shape index (κ1) is 18.8. The molecule has 0 spiro atoms. The second-order valence-electron chi connectivity index (χ2n) is 6.17. The average Bonchev–Trinajstić information content (AvgIpc) is 2.61. The van der Waals surface area contributed by atoms with Gasteiger partial charge in [-0.1, -0.05) is 25.5 Å². The van der Waals surface area contributed by atoms with Crippen LogP contribution >= 0.6 is 0 Å². The molecule has 0 aliphatic heterocycles. The molecule has 1 heterocycles. The van der Waals surface area contributed by atoms with Crippen LogP contribution in [0.3, 0.4) is 0 Å². The fraction of sp³-hybridized carbons (Fsp3) is 0.250. The lowest BCUT2D eigenvalue weighted by Crippen LogP contribution is -2.15. The van der Waals surface area contributed by atoms with Crippen molar-refractivity contribution < 1.29 is 27.4 Å². The first-order valence-electron chi connectivity index (χ1n) is 8.35. The van der Waals surface area contributed by atoms with E-state index in [1.807, 2.05) is 6.92 Å². The number of benzene rings is 2. The minimum atomic E-state index is -4.94. The summed E-state index contributed by atoms with van der Waals surface area (Å²) in [6.45, 7) is 3.38. The van der Waals surface area contributed by atoms with E-state index in [-0.39, 0.29) is 28.0 Å². The van der Waals surface area contributed by atoms with Gasteiger partial charge in [-0.2, -0.15) is 13.2 Å². The molecule has 27 heavy (non-hydrogen) atoms. The van der Waals surface area contributed by atoms with Crippen LogP contribution in [0.1, 0.15) is 30.2 Å². The smallest absolute Gasteiger partial charge is 0.453 e. The van der Waals surface area contributed by atoms with E-state index in [9.17, 15) is 23.1 Å². The van der Waals surface area contributed by atoms with E-state index in [1.165, 1.54) is 31.2 Å². The molecule has 3 aromatic rings. The van der Waals surface area contributed by atoms with E-state index >= 15 is 0 Å². The quantitative estimate of drug-likeness (QED) is 0.645. The summed E-state index contributed by atoms with van der Waals surface area (Å²) in [5.41, 5.74) is -0.217. The normalized spacial score (nSPS) is 11.7. The van der Waals surface area contributed by atoms with Crippen molar-refractivity contribution >= 4 is 11.0 Å². The molecule has 1 aromatic heterocycles. The molecule has 0 saturated carbocycles. The topological polar surface area (TPSA) is 59.7 Å². The van der Waals surface area contributed by atoms with Crippen LogP contribution in [0.2, 0.25) is 0 Å². The summed E-state index contributed by atoms with van der Waals surface area (Å²) in [7, 11) is 0. The lowest BCUT2D eigenvalue weighted by atomic mass is 10.1. The van der Waals surface area contributed by atoms with Gasteiger partial charge in [-0.3, -0.25) is 4.79 Å². The van der Waals surface area contributed by atoms with Crippen molar-refractivity contribution in [2.75, 3.05) is 0 Å². The van der Waals surface area contributed by atoms with E-state index in [0.29, 0.717) is 0 Å². The Balaban J connectivity index is 2.17. The van der Waals surface area contributed by atoms with Crippen molar-refractivity contribution in [3.8, 4) is 17.2 Å². The predicted octanol–water partition coefficient (Wildman–Crippen LogP) is 5.57. The van der Waals surface area contributed by atoms with Crippen molar-refractivity contribution in [1.82, 2.24) is 0 Å². The Hall–Kier alpha value is -2.96. The molecule has 3 rings (SSSR count). The van der Waals surface area contributed by atoms with Gasteiger partial charge in [0.05, 0.1) is 5.39 Å². The van der Waals surface area contributed by atoms with Gasteiger partial charge in [-0.25, -0.2) is 0 Å². The van der Waals surface area contributed by atoms with Gasteiger partial charge in [0, 0.05) is 5.56 Å². The number of aromatic hydroxyl groups is 1. The maximum absolute atomic E-state index is 13.5. The zero-order valence-electron chi connectivity index (χ0n) is 14.7. The van der Waals surface area contributed by atoms with Crippen molar-refractivity contribution in [2.45, 2.75) is 32.9 Å². The second-order valence-corrected chi connectivity index (χ2v) is 6.17. The number of halogens is 3. The fourth-order valence-corrected chi connectivity index (χ4v) is 2.78. The first-order valence-corrected chi connectivity index (χ1v) is 8.35. The number of phenols is 1. The number of phenolic OH excluding ortho intramolecular Hbond substituents is 1. The van der Waals surface area contributed by atoms with Gasteiger partial charge in [0.15, 0.2) is 0 Å². The molecule has 142 valence electrons. The van der Waals surface area contributed by atoms with Gasteiger partial charge in [-0.15, -0.1) is 0 Å². The monoisotopic (exact) mass is 378 g/mol. The largest absolute Gasteiger partial charge is 0.508 e. The molecule has 2 aromatic carbocycles. The van der Waals surface area contributed by atoms with Crippen LogP contribution in [0.15, 0.2) is 45.6 Å². The Morgan fingerprint density at radius 2 is 1.78 bits per heavy atom. The van der Waals surface area contributed by atoms with Gasteiger partial charge < -0.3 is 14.3 Å². The summed E-state index contributed by atoms with van der Waals surface area (Å²) in [5, 5.41) is 9.60. The Labute approximate surface area is 152 Å². The third-order valence-electron chi connectivity index (χ3n) is 4.18. The van der Waals surface area contributed by atoms with Crippen LogP contribution in [0, 0.1) is 6.92 Å². The summed E-state index contributed by atoms with van der Waals surface area (Å²) < 4.78 is 50.7. The van der Waals surface area contributed by atoms with E-state index in [2.05, 4.69) is 0 Å². The lowest BCUT2D eigenvalue weighted by molar-refractivity contribution is -0.154. The number of fused-ring (bicyclic) bond motifs is 1. The highest BCUT2D eigenvalue weighted by Gasteiger charge is 2.40. The molecule has 0 fully saturated rings. The number of alkyl halides is 3. The van der Waals surface area contributed by atoms with Gasteiger partial charge in [0.2, 0.25) is 11.2 Å². The van der Waals surface area contributed by atoms with E-state index < -0.39 is 23.1 Å². The van der Waals surface area contributed by atoms with E-state index in [1.54, 1.807) is 12.1 Å². The number of ether oxygens (including phenoxy) is 1. The van der Waals surface area contributed by atoms with Gasteiger partial charge >= 0.3 is 6.18 Å². The van der Waals surface area contributed by atoms with Crippen LogP contribution in [0.4, 0.5) is 13.2 Å². The van der Waals surface area contributed by atoms with E-state index in [0.717, 1.165) is 18.4 Å². The second kappa shape index (κ2) is 6.98. The summed E-state index contributed by atoms with van der Waals surface area (Å²) in [6.07, 6.45) is -3.18. The standard InChI is InChI=1S/C20H17F3O4/c1-3-4-12-5-7-13(8-6-12)26-18-16(25)14-9-10-15(24)11(2)17(14)27-19(18)20(21,22)23/h5-10,24H,3-4H2,1-2H3. The molecular formula is C20H17F3O4. The molecule has 7 heteroatoms. The molecule has 0 amide bonds. The molecule has 0 aliphatic carbocycles. The molecule has 1 N–H and O–H groups in total. The molecule has 0 unspecified atom stereocenters. The Morgan fingerprint density at radius 1 is 1.11 bits per heavy atom. The molecular weight excluding hydrogens is 361 g/mol. The third kappa shape index (κ3) is 3.63. The van der Waals surface area contributed by atoms with Crippen molar-refractivity contribution in [3.63, 3.8) is 0 Å². The van der Waals surface area contributed by atoms with Crippen molar-refractivity contribution in [2.24, 2.45) is 0 Å². The average molecular weight is 378 g/mol.